The largest absolute Gasteiger partial charge is 0.497 e. The van der Waals surface area contributed by atoms with Gasteiger partial charge in [-0.1, -0.05) is 42.5 Å². The maximum atomic E-state index is 5.21. The van der Waals surface area contributed by atoms with Crippen LogP contribution >= 0.6 is 9.24 Å². The highest BCUT2D eigenvalue weighted by Crippen LogP contribution is 2.20. The van der Waals surface area contributed by atoms with Crippen molar-refractivity contribution < 1.29 is 4.74 Å². The van der Waals surface area contributed by atoms with Crippen LogP contribution in [0.15, 0.2) is 54.6 Å². The van der Waals surface area contributed by atoms with Gasteiger partial charge in [0, 0.05) is 12.3 Å². The molecule has 0 aliphatic carbocycles. The first kappa shape index (κ1) is 13.1. The van der Waals surface area contributed by atoms with Gasteiger partial charge in [0.15, 0.2) is 0 Å². The molecule has 0 amide bonds. The van der Waals surface area contributed by atoms with Crippen LogP contribution in [0.3, 0.4) is 0 Å². The van der Waals surface area contributed by atoms with E-state index in [4.69, 9.17) is 4.74 Å². The molecule has 0 saturated heterocycles. The minimum atomic E-state index is 0.261. The molecular formula is C15H18NOP. The van der Waals surface area contributed by atoms with Gasteiger partial charge in [0.1, 0.15) is 5.75 Å². The lowest BCUT2D eigenvalue weighted by Crippen LogP contribution is -2.15. The Morgan fingerprint density at radius 1 is 1.11 bits per heavy atom. The van der Waals surface area contributed by atoms with Gasteiger partial charge in [-0.2, -0.15) is 0 Å². The van der Waals surface area contributed by atoms with Crippen molar-refractivity contribution in [3.63, 3.8) is 0 Å². The fourth-order valence-corrected chi connectivity index (χ4v) is 2.13. The van der Waals surface area contributed by atoms with Crippen molar-refractivity contribution in [2.75, 3.05) is 7.11 Å². The molecule has 0 aromatic heterocycles. The van der Waals surface area contributed by atoms with Crippen molar-refractivity contribution in [3.05, 3.63) is 65.7 Å². The number of benzene rings is 2. The molecule has 0 fully saturated rings. The third-order valence-corrected chi connectivity index (χ3v) is 3.44. The van der Waals surface area contributed by atoms with E-state index in [9.17, 15) is 0 Å². The van der Waals surface area contributed by atoms with E-state index in [2.05, 4.69) is 51.0 Å². The van der Waals surface area contributed by atoms with Crippen molar-refractivity contribution in [2.45, 2.75) is 12.3 Å². The summed E-state index contributed by atoms with van der Waals surface area (Å²) in [6.45, 7) is 0.820. The summed E-state index contributed by atoms with van der Waals surface area (Å²) in [6.07, 6.45) is 0. The quantitative estimate of drug-likeness (QED) is 0.831. The zero-order valence-corrected chi connectivity index (χ0v) is 11.6. The molecule has 3 heteroatoms. The van der Waals surface area contributed by atoms with Crippen LogP contribution in [-0.4, -0.2) is 7.11 Å². The molecule has 2 atom stereocenters. The smallest absolute Gasteiger partial charge is 0.119 e. The molecular weight excluding hydrogens is 241 g/mol. The van der Waals surface area contributed by atoms with Crippen LogP contribution in [-0.2, 0) is 6.54 Å². The van der Waals surface area contributed by atoms with Gasteiger partial charge in [-0.15, -0.1) is 9.24 Å². The van der Waals surface area contributed by atoms with E-state index in [1.165, 1.54) is 11.1 Å². The molecule has 2 nitrogen and oxygen atoms in total. The summed E-state index contributed by atoms with van der Waals surface area (Å²) >= 11 is 0. The second kappa shape index (κ2) is 6.53. The summed E-state index contributed by atoms with van der Waals surface area (Å²) in [4.78, 5) is 0. The van der Waals surface area contributed by atoms with Crippen LogP contribution in [0.2, 0.25) is 0 Å². The third-order valence-electron chi connectivity index (χ3n) is 2.82. The Hall–Kier alpha value is -1.37. The van der Waals surface area contributed by atoms with Crippen LogP contribution in [0.25, 0.3) is 0 Å². The maximum absolute atomic E-state index is 5.21. The van der Waals surface area contributed by atoms with Crippen LogP contribution < -0.4 is 10.1 Å². The molecule has 0 heterocycles. The van der Waals surface area contributed by atoms with Crippen molar-refractivity contribution in [1.82, 2.24) is 5.32 Å². The first-order valence-electron chi connectivity index (χ1n) is 5.96. The molecule has 2 rings (SSSR count). The monoisotopic (exact) mass is 259 g/mol. The van der Waals surface area contributed by atoms with E-state index in [0.29, 0.717) is 0 Å². The Morgan fingerprint density at radius 3 is 2.61 bits per heavy atom. The number of hydrogen-bond donors (Lipinski definition) is 1. The molecule has 2 unspecified atom stereocenters. The molecule has 0 saturated carbocycles. The fraction of sp³-hybridized carbons (Fsp3) is 0.200. The van der Waals surface area contributed by atoms with E-state index in [0.717, 1.165) is 12.3 Å². The first-order valence-corrected chi connectivity index (χ1v) is 6.63. The van der Waals surface area contributed by atoms with E-state index >= 15 is 0 Å². The fourth-order valence-electron chi connectivity index (χ4n) is 1.79. The number of nitrogens with one attached hydrogen (secondary N) is 1. The average Bonchev–Trinajstić information content (AvgIpc) is 2.46. The van der Waals surface area contributed by atoms with Gasteiger partial charge < -0.3 is 10.1 Å². The summed E-state index contributed by atoms with van der Waals surface area (Å²) in [5.74, 6) is 1.16. The second-order valence-electron chi connectivity index (χ2n) is 4.12. The Kier molecular flexibility index (Phi) is 4.74. The van der Waals surface area contributed by atoms with Crippen molar-refractivity contribution >= 4 is 9.24 Å². The van der Waals surface area contributed by atoms with Crippen LogP contribution in [0, 0.1) is 0 Å². The van der Waals surface area contributed by atoms with Gasteiger partial charge in [0.25, 0.3) is 0 Å². The number of ether oxygens (including phenoxy) is 1. The highest BCUT2D eigenvalue weighted by atomic mass is 31.0. The van der Waals surface area contributed by atoms with E-state index in [1.54, 1.807) is 7.11 Å². The first-order chi connectivity index (χ1) is 8.79. The van der Waals surface area contributed by atoms with Gasteiger partial charge >= 0.3 is 0 Å². The zero-order chi connectivity index (χ0) is 12.8. The lowest BCUT2D eigenvalue weighted by atomic mass is 10.2. The van der Waals surface area contributed by atoms with Gasteiger partial charge in [-0.25, -0.2) is 0 Å². The Labute approximate surface area is 111 Å². The lowest BCUT2D eigenvalue weighted by Gasteiger charge is -2.14. The molecule has 0 radical (unpaired) electrons. The van der Waals surface area contributed by atoms with Gasteiger partial charge in [-0.3, -0.25) is 0 Å². The van der Waals surface area contributed by atoms with Crippen molar-refractivity contribution in [2.24, 2.45) is 0 Å². The van der Waals surface area contributed by atoms with Crippen molar-refractivity contribution in [3.8, 4) is 5.75 Å². The molecule has 1 N–H and O–H groups in total. The summed E-state index contributed by atoms with van der Waals surface area (Å²) in [5, 5.41) is 3.47. The Balaban J connectivity index is 1.95. The average molecular weight is 259 g/mol. The standard InChI is InChI=1S/C15H18NOP/c1-17-14-9-5-6-12(10-14)11-16-15(18)13-7-3-2-4-8-13/h2-10,15-16H,11,18H2,1H3. The predicted molar refractivity (Wildman–Crippen MR) is 78.7 cm³/mol. The molecule has 94 valence electrons. The summed E-state index contributed by atoms with van der Waals surface area (Å²) < 4.78 is 5.21. The van der Waals surface area contributed by atoms with Crippen molar-refractivity contribution in [1.29, 1.82) is 0 Å². The van der Waals surface area contributed by atoms with Gasteiger partial charge in [0.2, 0.25) is 0 Å². The summed E-state index contributed by atoms with van der Waals surface area (Å²) in [5.41, 5.74) is 2.49. The molecule has 0 bridgehead atoms. The molecule has 0 aliphatic heterocycles. The lowest BCUT2D eigenvalue weighted by molar-refractivity contribution is 0.414. The van der Waals surface area contributed by atoms with Crippen LogP contribution in [0.4, 0.5) is 0 Å². The minimum Gasteiger partial charge on any atom is -0.497 e. The normalized spacial score (nSPS) is 12.1. The third kappa shape index (κ3) is 3.56. The van der Waals surface area contributed by atoms with E-state index in [1.807, 2.05) is 18.2 Å². The molecule has 2 aromatic carbocycles. The van der Waals surface area contributed by atoms with Crippen LogP contribution in [0.5, 0.6) is 5.75 Å². The second-order valence-corrected chi connectivity index (χ2v) is 4.79. The molecule has 2 aromatic rings. The van der Waals surface area contributed by atoms with Gasteiger partial charge in [-0.05, 0) is 23.3 Å². The number of methoxy groups -OCH3 is 1. The summed E-state index contributed by atoms with van der Waals surface area (Å²) in [6, 6.07) is 18.5. The molecule has 0 spiro atoms. The predicted octanol–water partition coefficient (Wildman–Crippen LogP) is 3.36. The van der Waals surface area contributed by atoms with Gasteiger partial charge in [0.05, 0.1) is 7.11 Å². The van der Waals surface area contributed by atoms with Crippen LogP contribution in [0.1, 0.15) is 16.9 Å². The Bertz CT molecular complexity index is 487. The maximum Gasteiger partial charge on any atom is 0.119 e. The number of hydrogen-bond acceptors (Lipinski definition) is 2. The Morgan fingerprint density at radius 2 is 1.89 bits per heavy atom. The number of rotatable bonds is 5. The zero-order valence-electron chi connectivity index (χ0n) is 10.5. The molecule has 0 aliphatic rings. The SMILES string of the molecule is COc1cccc(CNC(P)c2ccccc2)c1. The van der Waals surface area contributed by atoms with E-state index in [-0.39, 0.29) is 5.78 Å². The molecule has 18 heavy (non-hydrogen) atoms. The summed E-state index contributed by atoms with van der Waals surface area (Å²) in [7, 11) is 4.51. The minimum absolute atomic E-state index is 0.261. The van der Waals surface area contributed by atoms with E-state index < -0.39 is 0 Å². The highest BCUT2D eigenvalue weighted by Gasteiger charge is 2.04. The highest BCUT2D eigenvalue weighted by molar-refractivity contribution is 7.17. The topological polar surface area (TPSA) is 21.3 Å².